The molecule has 0 aromatic carbocycles. The van der Waals surface area contributed by atoms with Gasteiger partial charge in [0, 0.05) is 19.1 Å². The number of likely N-dealkylation sites (tertiary alicyclic amines) is 1. The SMILES string of the molecule is O=C(NC1CC=CC1)N1CCC(C(=O)O)(C(F)(F)F)C1. The predicted molar refractivity (Wildman–Crippen MR) is 63.0 cm³/mol. The number of carboxylic acid groups (broad SMARTS) is 1. The van der Waals surface area contributed by atoms with Crippen LogP contribution in [-0.2, 0) is 4.79 Å². The third kappa shape index (κ3) is 2.46. The molecule has 1 fully saturated rings. The van der Waals surface area contributed by atoms with Gasteiger partial charge in [0.05, 0.1) is 0 Å². The predicted octanol–water partition coefficient (Wildman–Crippen LogP) is 1.75. The van der Waals surface area contributed by atoms with Crippen molar-refractivity contribution >= 4 is 12.0 Å². The van der Waals surface area contributed by atoms with Crippen LogP contribution in [0.15, 0.2) is 12.2 Å². The molecule has 2 rings (SSSR count). The van der Waals surface area contributed by atoms with E-state index in [1.807, 2.05) is 12.2 Å². The molecule has 20 heavy (non-hydrogen) atoms. The molecule has 8 heteroatoms. The molecule has 2 aliphatic rings. The second-order valence-corrected chi connectivity index (χ2v) is 5.15. The van der Waals surface area contributed by atoms with Crippen LogP contribution in [0.3, 0.4) is 0 Å². The first-order valence-corrected chi connectivity index (χ1v) is 6.27. The van der Waals surface area contributed by atoms with Gasteiger partial charge >= 0.3 is 18.2 Å². The fraction of sp³-hybridized carbons (Fsp3) is 0.667. The van der Waals surface area contributed by atoms with Crippen molar-refractivity contribution in [2.45, 2.75) is 31.5 Å². The number of alkyl halides is 3. The summed E-state index contributed by atoms with van der Waals surface area (Å²) in [5.41, 5.74) is -2.85. The smallest absolute Gasteiger partial charge is 0.406 e. The van der Waals surface area contributed by atoms with Crippen molar-refractivity contribution in [2.24, 2.45) is 5.41 Å². The molecule has 1 unspecified atom stereocenters. The van der Waals surface area contributed by atoms with Gasteiger partial charge in [-0.15, -0.1) is 0 Å². The van der Waals surface area contributed by atoms with Gasteiger partial charge in [-0.3, -0.25) is 4.79 Å². The van der Waals surface area contributed by atoms with Crippen molar-refractivity contribution in [1.29, 1.82) is 0 Å². The topological polar surface area (TPSA) is 69.6 Å². The maximum atomic E-state index is 13.0. The molecule has 112 valence electrons. The number of aliphatic carboxylic acids is 1. The van der Waals surface area contributed by atoms with E-state index in [4.69, 9.17) is 5.11 Å². The molecule has 1 saturated heterocycles. The van der Waals surface area contributed by atoms with E-state index < -0.39 is 36.6 Å². The summed E-state index contributed by atoms with van der Waals surface area (Å²) in [6.45, 7) is -1.05. The van der Waals surface area contributed by atoms with E-state index in [0.29, 0.717) is 12.8 Å². The Hall–Kier alpha value is -1.73. The molecule has 1 atom stereocenters. The standard InChI is InChI=1S/C12H15F3N2O3/c13-12(14,15)11(9(18)19)5-6-17(7-11)10(20)16-8-3-1-2-4-8/h1-2,8H,3-7H2,(H,16,20)(H,18,19). The number of nitrogens with zero attached hydrogens (tertiary/aromatic N) is 1. The van der Waals surface area contributed by atoms with Crippen molar-refractivity contribution < 1.29 is 27.9 Å². The van der Waals surface area contributed by atoms with Crippen LogP contribution in [-0.4, -0.2) is 47.3 Å². The number of urea groups is 1. The number of nitrogens with one attached hydrogen (secondary N) is 1. The molecule has 5 nitrogen and oxygen atoms in total. The summed E-state index contributed by atoms with van der Waals surface area (Å²) < 4.78 is 38.9. The highest BCUT2D eigenvalue weighted by Gasteiger charge is 2.64. The number of carboxylic acids is 1. The van der Waals surface area contributed by atoms with Crippen LogP contribution in [0.1, 0.15) is 19.3 Å². The molecule has 0 spiro atoms. The average Bonchev–Trinajstić information content (AvgIpc) is 2.96. The second kappa shape index (κ2) is 4.99. The van der Waals surface area contributed by atoms with Gasteiger partial charge in [-0.1, -0.05) is 12.2 Å². The van der Waals surface area contributed by atoms with Crippen LogP contribution < -0.4 is 5.32 Å². The fourth-order valence-electron chi connectivity index (χ4n) is 2.51. The van der Waals surface area contributed by atoms with Crippen LogP contribution in [0, 0.1) is 5.41 Å². The van der Waals surface area contributed by atoms with Gasteiger partial charge < -0.3 is 15.3 Å². The summed E-state index contributed by atoms with van der Waals surface area (Å²) in [4.78, 5) is 23.8. The van der Waals surface area contributed by atoms with Crippen molar-refractivity contribution in [3.8, 4) is 0 Å². The average molecular weight is 292 g/mol. The number of carbonyl (C=O) groups excluding carboxylic acids is 1. The summed E-state index contributed by atoms with van der Waals surface area (Å²) in [7, 11) is 0. The number of rotatable bonds is 2. The summed E-state index contributed by atoms with van der Waals surface area (Å²) in [5.74, 6) is -1.93. The molecule has 1 heterocycles. The Kier molecular flexibility index (Phi) is 3.66. The lowest BCUT2D eigenvalue weighted by molar-refractivity contribution is -0.226. The van der Waals surface area contributed by atoms with E-state index in [1.54, 1.807) is 0 Å². The van der Waals surface area contributed by atoms with Crippen molar-refractivity contribution in [3.05, 3.63) is 12.2 Å². The molecule has 0 bridgehead atoms. The molecule has 2 N–H and O–H groups in total. The number of carbonyl (C=O) groups is 2. The van der Waals surface area contributed by atoms with E-state index in [9.17, 15) is 22.8 Å². The fourth-order valence-corrected chi connectivity index (χ4v) is 2.51. The zero-order valence-electron chi connectivity index (χ0n) is 10.6. The minimum atomic E-state index is -4.87. The van der Waals surface area contributed by atoms with Crippen LogP contribution in [0.2, 0.25) is 0 Å². The van der Waals surface area contributed by atoms with Crippen LogP contribution >= 0.6 is 0 Å². The Bertz CT molecular complexity index is 442. The molecule has 1 aliphatic heterocycles. The van der Waals surface area contributed by atoms with Crippen LogP contribution in [0.4, 0.5) is 18.0 Å². The summed E-state index contributed by atoms with van der Waals surface area (Å²) in [6, 6.07) is -0.751. The van der Waals surface area contributed by atoms with Crippen molar-refractivity contribution in [1.82, 2.24) is 10.2 Å². The summed E-state index contributed by atoms with van der Waals surface area (Å²) in [6.07, 6.45) is -0.435. The summed E-state index contributed by atoms with van der Waals surface area (Å²) in [5, 5.41) is 11.5. The maximum absolute atomic E-state index is 13.0. The number of hydrogen-bond acceptors (Lipinski definition) is 2. The highest BCUT2D eigenvalue weighted by molar-refractivity contribution is 5.80. The van der Waals surface area contributed by atoms with Crippen LogP contribution in [0.5, 0.6) is 0 Å². The molecular weight excluding hydrogens is 277 g/mol. The largest absolute Gasteiger partial charge is 0.481 e. The van der Waals surface area contributed by atoms with E-state index in [0.717, 1.165) is 4.90 Å². The lowest BCUT2D eigenvalue weighted by Crippen LogP contribution is -2.49. The number of hydrogen-bond donors (Lipinski definition) is 2. The van der Waals surface area contributed by atoms with Gasteiger partial charge in [-0.2, -0.15) is 13.2 Å². The number of halogens is 3. The van der Waals surface area contributed by atoms with Gasteiger partial charge in [0.2, 0.25) is 0 Å². The van der Waals surface area contributed by atoms with Gasteiger partial charge in [-0.05, 0) is 19.3 Å². The lowest BCUT2D eigenvalue weighted by Gasteiger charge is -2.27. The van der Waals surface area contributed by atoms with Crippen molar-refractivity contribution in [2.75, 3.05) is 13.1 Å². The van der Waals surface area contributed by atoms with Crippen molar-refractivity contribution in [3.63, 3.8) is 0 Å². The molecule has 1 aliphatic carbocycles. The normalized spacial score (nSPS) is 27.1. The second-order valence-electron chi connectivity index (χ2n) is 5.15. The van der Waals surface area contributed by atoms with Gasteiger partial charge in [0.15, 0.2) is 5.41 Å². The minimum Gasteiger partial charge on any atom is -0.481 e. The highest BCUT2D eigenvalue weighted by atomic mass is 19.4. The molecule has 0 saturated carbocycles. The molecule has 2 amide bonds. The Morgan fingerprint density at radius 3 is 2.35 bits per heavy atom. The van der Waals surface area contributed by atoms with Gasteiger partial charge in [0.25, 0.3) is 0 Å². The maximum Gasteiger partial charge on any atom is 0.406 e. The first kappa shape index (κ1) is 14.7. The monoisotopic (exact) mass is 292 g/mol. The first-order chi connectivity index (χ1) is 9.26. The van der Waals surface area contributed by atoms with Gasteiger partial charge in [-0.25, -0.2) is 4.79 Å². The Labute approximate surface area is 113 Å². The minimum absolute atomic E-state index is 0.117. The zero-order chi connectivity index (χ0) is 15.0. The highest BCUT2D eigenvalue weighted by Crippen LogP contribution is 2.45. The zero-order valence-corrected chi connectivity index (χ0v) is 10.6. The third-order valence-electron chi connectivity index (χ3n) is 3.84. The quantitative estimate of drug-likeness (QED) is 0.762. The Morgan fingerprint density at radius 2 is 1.90 bits per heavy atom. The molecule has 0 radical (unpaired) electrons. The van der Waals surface area contributed by atoms with E-state index in [2.05, 4.69) is 5.32 Å². The third-order valence-corrected chi connectivity index (χ3v) is 3.84. The van der Waals surface area contributed by atoms with Gasteiger partial charge in [0.1, 0.15) is 0 Å². The Morgan fingerprint density at radius 1 is 1.30 bits per heavy atom. The molecular formula is C12H15F3N2O3. The van der Waals surface area contributed by atoms with E-state index in [1.165, 1.54) is 0 Å². The van der Waals surface area contributed by atoms with Crippen LogP contribution in [0.25, 0.3) is 0 Å². The summed E-state index contributed by atoms with van der Waals surface area (Å²) >= 11 is 0. The lowest BCUT2D eigenvalue weighted by atomic mass is 9.86. The number of amides is 2. The first-order valence-electron chi connectivity index (χ1n) is 6.27. The van der Waals surface area contributed by atoms with E-state index >= 15 is 0 Å². The Balaban J connectivity index is 2.03. The van der Waals surface area contributed by atoms with E-state index in [-0.39, 0.29) is 12.6 Å². The molecule has 0 aromatic heterocycles. The molecule has 0 aromatic rings.